The lowest BCUT2D eigenvalue weighted by Crippen LogP contribution is -2.29. The topological polar surface area (TPSA) is 95.1 Å². The van der Waals surface area contributed by atoms with E-state index in [-0.39, 0.29) is 5.91 Å². The first-order chi connectivity index (χ1) is 10.3. The highest BCUT2D eigenvalue weighted by Gasteiger charge is 2.03. The SMILES string of the molecule is NNC(=O)CCCCCOc1ncn(-c2ccccc2)n1. The minimum Gasteiger partial charge on any atom is -0.462 e. The number of amides is 1. The molecule has 0 aliphatic rings. The van der Waals surface area contributed by atoms with Crippen LogP contribution in [0.2, 0.25) is 0 Å². The van der Waals surface area contributed by atoms with Gasteiger partial charge in [-0.3, -0.25) is 10.2 Å². The molecule has 3 N–H and O–H groups in total. The summed E-state index contributed by atoms with van der Waals surface area (Å²) in [5.41, 5.74) is 3.04. The Morgan fingerprint density at radius 3 is 2.81 bits per heavy atom. The van der Waals surface area contributed by atoms with E-state index in [0.717, 1.165) is 24.9 Å². The van der Waals surface area contributed by atoms with Gasteiger partial charge in [0.15, 0.2) is 0 Å². The number of hydrazine groups is 1. The summed E-state index contributed by atoms with van der Waals surface area (Å²) in [5, 5.41) is 4.24. The number of carbonyl (C=O) groups excluding carboxylic acids is 1. The zero-order chi connectivity index (χ0) is 14.9. The number of nitrogens with one attached hydrogen (secondary N) is 1. The van der Waals surface area contributed by atoms with Crippen molar-refractivity contribution in [3.63, 3.8) is 0 Å². The van der Waals surface area contributed by atoms with Crippen LogP contribution in [0, 0.1) is 0 Å². The summed E-state index contributed by atoms with van der Waals surface area (Å²) in [6.07, 6.45) is 4.59. The highest BCUT2D eigenvalue weighted by Crippen LogP contribution is 2.09. The number of para-hydroxylation sites is 1. The first kappa shape index (κ1) is 15.0. The number of nitrogens with two attached hydrogens (primary N) is 1. The summed E-state index contributed by atoms with van der Waals surface area (Å²) in [7, 11) is 0. The first-order valence-corrected chi connectivity index (χ1v) is 6.89. The van der Waals surface area contributed by atoms with E-state index < -0.39 is 0 Å². The monoisotopic (exact) mass is 289 g/mol. The number of aromatic nitrogens is 3. The van der Waals surface area contributed by atoms with Crippen molar-refractivity contribution in [3.05, 3.63) is 36.7 Å². The second-order valence-corrected chi connectivity index (χ2v) is 4.53. The Balaban J connectivity index is 1.68. The molecule has 0 atom stereocenters. The average Bonchev–Trinajstić information content (AvgIpc) is 3.00. The summed E-state index contributed by atoms with van der Waals surface area (Å²) in [6.45, 7) is 0.531. The van der Waals surface area contributed by atoms with E-state index in [0.29, 0.717) is 19.0 Å². The Kier molecular flexibility index (Phi) is 5.71. The molecule has 7 heteroatoms. The van der Waals surface area contributed by atoms with Gasteiger partial charge in [-0.25, -0.2) is 10.5 Å². The normalized spacial score (nSPS) is 10.3. The summed E-state index contributed by atoms with van der Waals surface area (Å²) in [6, 6.07) is 10.1. The van der Waals surface area contributed by atoms with Crippen LogP contribution >= 0.6 is 0 Å². The number of rotatable bonds is 8. The predicted octanol–water partition coefficient (Wildman–Crippen LogP) is 1.20. The van der Waals surface area contributed by atoms with Crippen molar-refractivity contribution in [2.45, 2.75) is 25.7 Å². The fraction of sp³-hybridized carbons (Fsp3) is 0.357. The molecule has 2 aromatic rings. The number of carbonyl (C=O) groups is 1. The fourth-order valence-electron chi connectivity index (χ4n) is 1.82. The van der Waals surface area contributed by atoms with Crippen molar-refractivity contribution < 1.29 is 9.53 Å². The average molecular weight is 289 g/mol. The maximum absolute atomic E-state index is 10.9. The van der Waals surface area contributed by atoms with Crippen molar-refractivity contribution in [1.82, 2.24) is 20.2 Å². The summed E-state index contributed by atoms with van der Waals surface area (Å²) < 4.78 is 7.14. The van der Waals surface area contributed by atoms with Crippen molar-refractivity contribution in [3.8, 4) is 11.7 Å². The van der Waals surface area contributed by atoms with E-state index in [1.807, 2.05) is 30.3 Å². The van der Waals surface area contributed by atoms with Gasteiger partial charge < -0.3 is 4.74 Å². The molecular weight excluding hydrogens is 270 g/mol. The van der Waals surface area contributed by atoms with Gasteiger partial charge in [-0.15, -0.1) is 5.10 Å². The van der Waals surface area contributed by atoms with Gasteiger partial charge in [-0.05, 0) is 31.4 Å². The molecule has 1 aromatic heterocycles. The summed E-state index contributed by atoms with van der Waals surface area (Å²) >= 11 is 0. The lowest BCUT2D eigenvalue weighted by Gasteiger charge is -2.02. The van der Waals surface area contributed by atoms with Crippen LogP contribution in [-0.4, -0.2) is 27.3 Å². The van der Waals surface area contributed by atoms with Gasteiger partial charge in [0.2, 0.25) is 5.91 Å². The molecule has 0 bridgehead atoms. The number of hydrogen-bond acceptors (Lipinski definition) is 5. The Labute approximate surface area is 123 Å². The minimum atomic E-state index is -0.140. The van der Waals surface area contributed by atoms with Crippen LogP contribution in [0.5, 0.6) is 6.01 Å². The summed E-state index contributed by atoms with van der Waals surface area (Å²) in [5.74, 6) is 4.86. The molecule has 0 saturated carbocycles. The predicted molar refractivity (Wildman–Crippen MR) is 77.7 cm³/mol. The van der Waals surface area contributed by atoms with Gasteiger partial charge in [-0.2, -0.15) is 4.98 Å². The van der Waals surface area contributed by atoms with Crippen molar-refractivity contribution in [2.75, 3.05) is 6.61 Å². The molecule has 1 heterocycles. The minimum absolute atomic E-state index is 0.140. The Bertz CT molecular complexity index is 556. The third kappa shape index (κ3) is 4.88. The van der Waals surface area contributed by atoms with Gasteiger partial charge in [0, 0.05) is 6.42 Å². The number of hydrogen-bond donors (Lipinski definition) is 2. The molecule has 0 fully saturated rings. The highest BCUT2D eigenvalue weighted by molar-refractivity contribution is 5.75. The number of nitrogens with zero attached hydrogens (tertiary/aromatic N) is 3. The van der Waals surface area contributed by atoms with E-state index in [4.69, 9.17) is 10.6 Å². The molecule has 21 heavy (non-hydrogen) atoms. The van der Waals surface area contributed by atoms with E-state index in [9.17, 15) is 4.79 Å². The second-order valence-electron chi connectivity index (χ2n) is 4.53. The van der Waals surface area contributed by atoms with Crippen LogP contribution in [0.25, 0.3) is 5.69 Å². The van der Waals surface area contributed by atoms with E-state index in [1.54, 1.807) is 11.0 Å². The van der Waals surface area contributed by atoms with E-state index >= 15 is 0 Å². The molecule has 1 amide bonds. The van der Waals surface area contributed by atoms with Crippen LogP contribution < -0.4 is 16.0 Å². The standard InChI is InChI=1S/C14H19N5O2/c15-17-13(20)9-5-2-6-10-21-14-16-11-19(18-14)12-7-3-1-4-8-12/h1,3-4,7-8,11H,2,5-6,9-10,15H2,(H,17,20). The Hall–Kier alpha value is -2.41. The molecule has 0 unspecified atom stereocenters. The third-order valence-electron chi connectivity index (χ3n) is 2.93. The van der Waals surface area contributed by atoms with Crippen LogP contribution in [0.3, 0.4) is 0 Å². The van der Waals surface area contributed by atoms with Gasteiger partial charge >= 0.3 is 6.01 Å². The van der Waals surface area contributed by atoms with Crippen molar-refractivity contribution >= 4 is 5.91 Å². The summed E-state index contributed by atoms with van der Waals surface area (Å²) in [4.78, 5) is 15.0. The van der Waals surface area contributed by atoms with Gasteiger partial charge in [0.05, 0.1) is 12.3 Å². The molecule has 7 nitrogen and oxygen atoms in total. The van der Waals surface area contributed by atoms with Gasteiger partial charge in [0.1, 0.15) is 6.33 Å². The molecule has 0 saturated heterocycles. The van der Waals surface area contributed by atoms with Crippen LogP contribution in [0.15, 0.2) is 36.7 Å². The lowest BCUT2D eigenvalue weighted by molar-refractivity contribution is -0.121. The third-order valence-corrected chi connectivity index (χ3v) is 2.93. The molecule has 0 spiro atoms. The first-order valence-electron chi connectivity index (χ1n) is 6.89. The van der Waals surface area contributed by atoms with Crippen molar-refractivity contribution in [1.29, 1.82) is 0 Å². The number of benzene rings is 1. The maximum Gasteiger partial charge on any atom is 0.335 e. The molecule has 0 radical (unpaired) electrons. The Morgan fingerprint density at radius 1 is 1.24 bits per heavy atom. The molecule has 2 rings (SSSR count). The molecule has 1 aromatic carbocycles. The highest BCUT2D eigenvalue weighted by atomic mass is 16.5. The smallest absolute Gasteiger partial charge is 0.335 e. The van der Waals surface area contributed by atoms with Crippen LogP contribution in [-0.2, 0) is 4.79 Å². The van der Waals surface area contributed by atoms with Crippen LogP contribution in [0.4, 0.5) is 0 Å². The lowest BCUT2D eigenvalue weighted by atomic mass is 10.2. The van der Waals surface area contributed by atoms with E-state index in [2.05, 4.69) is 15.5 Å². The molecule has 0 aliphatic heterocycles. The van der Waals surface area contributed by atoms with E-state index in [1.165, 1.54) is 0 Å². The van der Waals surface area contributed by atoms with Gasteiger partial charge in [0.25, 0.3) is 0 Å². The van der Waals surface area contributed by atoms with Gasteiger partial charge in [-0.1, -0.05) is 18.2 Å². The van der Waals surface area contributed by atoms with Crippen molar-refractivity contribution in [2.24, 2.45) is 5.84 Å². The molecular formula is C14H19N5O2. The number of unbranched alkanes of at least 4 members (excludes halogenated alkanes) is 2. The Morgan fingerprint density at radius 2 is 2.05 bits per heavy atom. The quantitative estimate of drug-likeness (QED) is 0.329. The zero-order valence-corrected chi connectivity index (χ0v) is 11.7. The number of ether oxygens (including phenoxy) is 1. The molecule has 112 valence electrons. The van der Waals surface area contributed by atoms with Crippen LogP contribution in [0.1, 0.15) is 25.7 Å². The fourth-order valence-corrected chi connectivity index (χ4v) is 1.82. The largest absolute Gasteiger partial charge is 0.462 e. The molecule has 0 aliphatic carbocycles. The zero-order valence-electron chi connectivity index (χ0n) is 11.7. The maximum atomic E-state index is 10.9. The second kappa shape index (κ2) is 8.01.